The average molecular weight is 383 g/mol. The third kappa shape index (κ3) is 3.72. The van der Waals surface area contributed by atoms with Crippen molar-refractivity contribution in [1.29, 1.82) is 0 Å². The van der Waals surface area contributed by atoms with Crippen molar-refractivity contribution in [2.24, 2.45) is 17.8 Å². The van der Waals surface area contributed by atoms with Crippen LogP contribution in [0.4, 0.5) is 13.2 Å². The van der Waals surface area contributed by atoms with E-state index in [1.807, 2.05) is 0 Å². The number of likely N-dealkylation sites (tertiary alicyclic amines) is 1. The number of amides is 1. The molecule has 1 aliphatic carbocycles. The molecule has 2 saturated heterocycles. The van der Waals surface area contributed by atoms with Gasteiger partial charge in [-0.3, -0.25) is 4.79 Å². The molecule has 4 rings (SSSR count). The molecule has 0 spiro atoms. The first-order valence-corrected chi connectivity index (χ1v) is 9.54. The van der Waals surface area contributed by atoms with Gasteiger partial charge in [0.25, 0.3) is 0 Å². The normalized spacial score (nSPS) is 31.9. The first-order chi connectivity index (χ1) is 12.8. The number of benzene rings is 1. The number of ether oxygens (including phenoxy) is 1. The van der Waals surface area contributed by atoms with Crippen molar-refractivity contribution in [3.8, 4) is 0 Å². The van der Waals surface area contributed by atoms with Gasteiger partial charge in [-0.05, 0) is 55.2 Å². The van der Waals surface area contributed by atoms with Gasteiger partial charge in [-0.2, -0.15) is 13.2 Å². The summed E-state index contributed by atoms with van der Waals surface area (Å²) in [5.41, 5.74) is -1.97. The molecule has 1 unspecified atom stereocenters. The summed E-state index contributed by atoms with van der Waals surface area (Å²) in [4.78, 5) is 14.4. The van der Waals surface area contributed by atoms with Crippen LogP contribution < -0.4 is 0 Å². The van der Waals surface area contributed by atoms with Crippen LogP contribution in [0, 0.1) is 17.8 Å². The van der Waals surface area contributed by atoms with E-state index < -0.39 is 17.3 Å². The third-order valence-corrected chi connectivity index (χ3v) is 6.32. The van der Waals surface area contributed by atoms with Crippen molar-refractivity contribution in [2.45, 2.75) is 37.5 Å². The molecule has 1 aromatic carbocycles. The van der Waals surface area contributed by atoms with Gasteiger partial charge >= 0.3 is 6.18 Å². The molecule has 2 heterocycles. The average Bonchev–Trinajstić information content (AvgIpc) is 3.36. The number of β-amino-alcohol motifs (C(OH)–C–C–N with tert-alkyl or cyclic N) is 1. The molecule has 27 heavy (non-hydrogen) atoms. The van der Waals surface area contributed by atoms with E-state index in [1.54, 1.807) is 4.90 Å². The van der Waals surface area contributed by atoms with Crippen molar-refractivity contribution in [1.82, 2.24) is 4.90 Å². The Hall–Kier alpha value is -1.60. The maximum atomic E-state index is 13.0. The van der Waals surface area contributed by atoms with Crippen LogP contribution in [-0.4, -0.2) is 42.2 Å². The van der Waals surface area contributed by atoms with E-state index in [0.717, 1.165) is 44.6 Å². The lowest BCUT2D eigenvalue weighted by Gasteiger charge is -2.25. The lowest BCUT2D eigenvalue weighted by molar-refractivity contribution is -0.138. The van der Waals surface area contributed by atoms with Crippen molar-refractivity contribution < 1.29 is 27.8 Å². The van der Waals surface area contributed by atoms with E-state index in [2.05, 4.69) is 0 Å². The maximum absolute atomic E-state index is 13.0. The van der Waals surface area contributed by atoms with Crippen LogP contribution in [0.2, 0.25) is 0 Å². The highest BCUT2D eigenvalue weighted by Gasteiger charge is 2.51. The Morgan fingerprint density at radius 3 is 2.70 bits per heavy atom. The third-order valence-electron chi connectivity index (χ3n) is 6.32. The second-order valence-corrected chi connectivity index (χ2v) is 8.08. The smallest absolute Gasteiger partial charge is 0.383 e. The lowest BCUT2D eigenvalue weighted by atomic mass is 9.91. The Kier molecular flexibility index (Phi) is 4.71. The predicted octanol–water partition coefficient (Wildman–Crippen LogP) is 3.19. The predicted molar refractivity (Wildman–Crippen MR) is 91.7 cm³/mol. The van der Waals surface area contributed by atoms with Crippen LogP contribution in [0.25, 0.3) is 0 Å². The fourth-order valence-electron chi connectivity index (χ4n) is 4.60. The van der Waals surface area contributed by atoms with Gasteiger partial charge in [0.1, 0.15) is 5.60 Å². The highest BCUT2D eigenvalue weighted by atomic mass is 19.4. The number of nitrogens with zero attached hydrogens (tertiary/aromatic N) is 1. The second kappa shape index (κ2) is 6.78. The molecule has 1 aromatic rings. The van der Waals surface area contributed by atoms with E-state index in [1.165, 1.54) is 12.1 Å². The molecule has 148 valence electrons. The van der Waals surface area contributed by atoms with Gasteiger partial charge in [0.2, 0.25) is 5.91 Å². The Balaban J connectivity index is 1.42. The summed E-state index contributed by atoms with van der Waals surface area (Å²) in [6.07, 6.45) is -1.34. The SMILES string of the molecule is O=C([C@@H]1C[C@H]1C1CCOCC1)N1CCC(O)(c2cccc(C(F)(F)F)c2)C1. The molecular weight excluding hydrogens is 359 g/mol. The Morgan fingerprint density at radius 2 is 2.00 bits per heavy atom. The van der Waals surface area contributed by atoms with Crippen molar-refractivity contribution >= 4 is 5.91 Å². The molecular formula is C20H24F3NO3. The van der Waals surface area contributed by atoms with E-state index in [0.29, 0.717) is 18.4 Å². The van der Waals surface area contributed by atoms with Gasteiger partial charge in [0, 0.05) is 25.7 Å². The number of aliphatic hydroxyl groups is 1. The maximum Gasteiger partial charge on any atom is 0.416 e. The van der Waals surface area contributed by atoms with E-state index >= 15 is 0 Å². The monoisotopic (exact) mass is 383 g/mol. The fraction of sp³-hybridized carbons (Fsp3) is 0.650. The number of carbonyl (C=O) groups excluding carboxylic acids is 1. The summed E-state index contributed by atoms with van der Waals surface area (Å²) in [5.74, 6) is 0.952. The van der Waals surface area contributed by atoms with Crippen LogP contribution in [0.3, 0.4) is 0 Å². The molecule has 1 N–H and O–H groups in total. The summed E-state index contributed by atoms with van der Waals surface area (Å²) in [5, 5.41) is 10.9. The van der Waals surface area contributed by atoms with Crippen LogP contribution in [0.15, 0.2) is 24.3 Å². The van der Waals surface area contributed by atoms with Gasteiger partial charge in [-0.15, -0.1) is 0 Å². The first-order valence-electron chi connectivity index (χ1n) is 9.54. The Labute approximate surface area is 156 Å². The molecule has 3 aliphatic rings. The molecule has 7 heteroatoms. The van der Waals surface area contributed by atoms with E-state index in [-0.39, 0.29) is 30.4 Å². The van der Waals surface area contributed by atoms with Gasteiger partial charge in [0.15, 0.2) is 0 Å². The topological polar surface area (TPSA) is 49.8 Å². The highest BCUT2D eigenvalue weighted by molar-refractivity contribution is 5.82. The number of alkyl halides is 3. The van der Waals surface area contributed by atoms with E-state index in [9.17, 15) is 23.1 Å². The Bertz CT molecular complexity index is 717. The first kappa shape index (κ1) is 18.7. The second-order valence-electron chi connectivity index (χ2n) is 8.08. The minimum Gasteiger partial charge on any atom is -0.383 e. The zero-order valence-electron chi connectivity index (χ0n) is 15.0. The fourth-order valence-corrected chi connectivity index (χ4v) is 4.60. The lowest BCUT2D eigenvalue weighted by Crippen LogP contribution is -2.36. The molecule has 3 atom stereocenters. The highest BCUT2D eigenvalue weighted by Crippen LogP contribution is 2.49. The van der Waals surface area contributed by atoms with Gasteiger partial charge in [-0.25, -0.2) is 0 Å². The number of carbonyl (C=O) groups is 1. The molecule has 0 bridgehead atoms. The van der Waals surface area contributed by atoms with Crippen molar-refractivity contribution in [2.75, 3.05) is 26.3 Å². The largest absolute Gasteiger partial charge is 0.416 e. The van der Waals surface area contributed by atoms with Crippen LogP contribution >= 0.6 is 0 Å². The molecule has 0 radical (unpaired) electrons. The van der Waals surface area contributed by atoms with Crippen LogP contribution in [-0.2, 0) is 21.3 Å². The number of halogens is 3. The number of hydrogen-bond acceptors (Lipinski definition) is 3. The molecule has 1 amide bonds. The summed E-state index contributed by atoms with van der Waals surface area (Å²) >= 11 is 0. The summed E-state index contributed by atoms with van der Waals surface area (Å²) in [6, 6.07) is 4.80. The molecule has 4 nitrogen and oxygen atoms in total. The number of rotatable bonds is 3. The zero-order chi connectivity index (χ0) is 19.2. The Morgan fingerprint density at radius 1 is 1.26 bits per heavy atom. The number of hydrogen-bond donors (Lipinski definition) is 1. The van der Waals surface area contributed by atoms with Crippen LogP contribution in [0.5, 0.6) is 0 Å². The summed E-state index contributed by atoms with van der Waals surface area (Å²) in [7, 11) is 0. The summed E-state index contributed by atoms with van der Waals surface area (Å²) in [6.45, 7) is 1.94. The molecule has 1 saturated carbocycles. The van der Waals surface area contributed by atoms with Gasteiger partial charge < -0.3 is 14.7 Å². The summed E-state index contributed by atoms with van der Waals surface area (Å²) < 4.78 is 44.3. The van der Waals surface area contributed by atoms with Gasteiger partial charge in [-0.1, -0.05) is 12.1 Å². The van der Waals surface area contributed by atoms with Gasteiger partial charge in [0.05, 0.1) is 12.1 Å². The van der Waals surface area contributed by atoms with E-state index in [4.69, 9.17) is 4.74 Å². The minimum absolute atomic E-state index is 0.00282. The molecule has 2 aliphatic heterocycles. The van der Waals surface area contributed by atoms with Crippen molar-refractivity contribution in [3.63, 3.8) is 0 Å². The van der Waals surface area contributed by atoms with Crippen molar-refractivity contribution in [3.05, 3.63) is 35.4 Å². The minimum atomic E-state index is -4.45. The quantitative estimate of drug-likeness (QED) is 0.872. The standard InChI is InChI=1S/C20H24F3NO3/c21-20(22,23)15-3-1-2-14(10-15)19(26)6-7-24(12-19)18(25)17-11-16(17)13-4-8-27-9-5-13/h1-3,10,13,16-17,26H,4-9,11-12H2/t16-,17+,19?/m0/s1. The molecule has 0 aromatic heterocycles. The molecule has 3 fully saturated rings. The zero-order valence-corrected chi connectivity index (χ0v) is 15.0. The van der Waals surface area contributed by atoms with Crippen LogP contribution in [0.1, 0.15) is 36.8 Å².